The Morgan fingerprint density at radius 2 is 2.32 bits per heavy atom. The van der Waals surface area contributed by atoms with Gasteiger partial charge in [0, 0.05) is 22.8 Å². The molecule has 0 saturated heterocycles. The van der Waals surface area contributed by atoms with E-state index in [1.165, 1.54) is 4.80 Å². The number of aromatic nitrogens is 5. The maximum absolute atomic E-state index is 12.1. The van der Waals surface area contributed by atoms with Crippen LogP contribution in [0.2, 0.25) is 0 Å². The number of amides is 1. The molecule has 2 aromatic heterocycles. The average Bonchev–Trinajstić information content (AvgIpc) is 2.95. The fraction of sp³-hybridized carbons (Fsp3) is 0.0909. The van der Waals surface area contributed by atoms with Gasteiger partial charge in [0.2, 0.25) is 0 Å². The Labute approximate surface area is 107 Å². The zero-order valence-electron chi connectivity index (χ0n) is 10.1. The minimum absolute atomic E-state index is 0.158. The number of rotatable bonds is 2. The van der Waals surface area contributed by atoms with Gasteiger partial charge < -0.3 is 10.7 Å². The first-order valence-electron chi connectivity index (χ1n) is 5.55. The Morgan fingerprint density at radius 1 is 1.47 bits per heavy atom. The zero-order chi connectivity index (χ0) is 13.4. The van der Waals surface area contributed by atoms with Gasteiger partial charge >= 0.3 is 0 Å². The molecule has 0 aliphatic carbocycles. The molecule has 0 bridgehead atoms. The lowest BCUT2D eigenvalue weighted by Gasteiger charge is -1.99. The summed E-state index contributed by atoms with van der Waals surface area (Å²) < 4.78 is 0. The van der Waals surface area contributed by atoms with Crippen LogP contribution < -0.4 is 11.1 Å². The monoisotopic (exact) mass is 257 g/mol. The fourth-order valence-electron chi connectivity index (χ4n) is 1.83. The third-order valence-corrected chi connectivity index (χ3v) is 2.68. The SMILES string of the molecule is Cn1nnc(NC(=O)c2c[nH]c3ccc(N)cc23)n1. The van der Waals surface area contributed by atoms with Crippen LogP contribution in [0.5, 0.6) is 0 Å². The number of anilines is 2. The number of carbonyl (C=O) groups is 1. The van der Waals surface area contributed by atoms with E-state index in [1.807, 2.05) is 6.07 Å². The summed E-state index contributed by atoms with van der Waals surface area (Å²) in [4.78, 5) is 16.4. The van der Waals surface area contributed by atoms with Crippen molar-refractivity contribution in [1.29, 1.82) is 0 Å². The third-order valence-electron chi connectivity index (χ3n) is 2.68. The molecule has 0 fully saturated rings. The minimum Gasteiger partial charge on any atom is -0.399 e. The molecule has 1 amide bonds. The summed E-state index contributed by atoms with van der Waals surface area (Å²) in [6.07, 6.45) is 1.62. The Kier molecular flexibility index (Phi) is 2.41. The number of hydrogen-bond donors (Lipinski definition) is 3. The molecule has 0 radical (unpaired) electrons. The maximum Gasteiger partial charge on any atom is 0.270 e. The standard InChI is InChI=1S/C11H11N7O/c1-18-16-11(15-17-18)14-10(19)8-5-13-9-3-2-6(12)4-7(8)9/h2-5,13H,12H2,1H3,(H,14,16,19). The molecule has 4 N–H and O–H groups in total. The minimum atomic E-state index is -0.315. The average molecular weight is 257 g/mol. The number of aryl methyl sites for hydroxylation is 1. The fourth-order valence-corrected chi connectivity index (χ4v) is 1.83. The van der Waals surface area contributed by atoms with Crippen molar-refractivity contribution in [3.05, 3.63) is 30.0 Å². The number of nitrogens with one attached hydrogen (secondary N) is 2. The van der Waals surface area contributed by atoms with Crippen LogP contribution in [-0.2, 0) is 7.05 Å². The highest BCUT2D eigenvalue weighted by atomic mass is 16.1. The first-order chi connectivity index (χ1) is 9.13. The molecule has 8 nitrogen and oxygen atoms in total. The number of tetrazole rings is 1. The second-order valence-electron chi connectivity index (χ2n) is 4.06. The van der Waals surface area contributed by atoms with Crippen LogP contribution in [0.15, 0.2) is 24.4 Å². The molecule has 0 aliphatic rings. The molecular formula is C11H11N7O. The Morgan fingerprint density at radius 3 is 3.05 bits per heavy atom. The van der Waals surface area contributed by atoms with Gasteiger partial charge in [0.25, 0.3) is 11.9 Å². The normalized spacial score (nSPS) is 10.8. The molecule has 96 valence electrons. The molecule has 0 aliphatic heterocycles. The van der Waals surface area contributed by atoms with Gasteiger partial charge in [0.05, 0.1) is 12.6 Å². The summed E-state index contributed by atoms with van der Waals surface area (Å²) in [5.41, 5.74) is 7.64. The lowest BCUT2D eigenvalue weighted by molar-refractivity contribution is 0.102. The van der Waals surface area contributed by atoms with E-state index >= 15 is 0 Å². The van der Waals surface area contributed by atoms with Gasteiger partial charge in [-0.15, -0.1) is 5.10 Å². The number of nitrogen functional groups attached to an aromatic ring is 1. The van der Waals surface area contributed by atoms with Crippen LogP contribution in [0.25, 0.3) is 10.9 Å². The number of hydrogen-bond acceptors (Lipinski definition) is 5. The Bertz CT molecular complexity index is 757. The molecule has 0 atom stereocenters. The van der Waals surface area contributed by atoms with E-state index in [2.05, 4.69) is 25.7 Å². The smallest absolute Gasteiger partial charge is 0.270 e. The van der Waals surface area contributed by atoms with Gasteiger partial charge in [-0.25, -0.2) is 0 Å². The number of carbonyl (C=O) groups excluding carboxylic acids is 1. The number of benzene rings is 1. The van der Waals surface area contributed by atoms with Crippen molar-refractivity contribution >= 4 is 28.4 Å². The van der Waals surface area contributed by atoms with E-state index in [9.17, 15) is 4.79 Å². The molecule has 3 rings (SSSR count). The van der Waals surface area contributed by atoms with E-state index in [1.54, 1.807) is 25.4 Å². The van der Waals surface area contributed by atoms with E-state index in [-0.39, 0.29) is 11.9 Å². The molecule has 3 aromatic rings. The van der Waals surface area contributed by atoms with Crippen LogP contribution in [0.4, 0.5) is 11.6 Å². The van der Waals surface area contributed by atoms with E-state index < -0.39 is 0 Å². The summed E-state index contributed by atoms with van der Waals surface area (Å²) in [6.45, 7) is 0. The van der Waals surface area contributed by atoms with Gasteiger partial charge in [-0.1, -0.05) is 5.10 Å². The van der Waals surface area contributed by atoms with E-state index in [0.717, 1.165) is 10.9 Å². The highest BCUT2D eigenvalue weighted by Crippen LogP contribution is 2.21. The lowest BCUT2D eigenvalue weighted by Crippen LogP contribution is -2.12. The van der Waals surface area contributed by atoms with Crippen LogP contribution >= 0.6 is 0 Å². The van der Waals surface area contributed by atoms with Crippen molar-refractivity contribution in [1.82, 2.24) is 25.2 Å². The topological polar surface area (TPSA) is 115 Å². The molecule has 1 aromatic carbocycles. The second kappa shape index (κ2) is 4.09. The first-order valence-corrected chi connectivity index (χ1v) is 5.55. The van der Waals surface area contributed by atoms with Crippen LogP contribution in [0.3, 0.4) is 0 Å². The van der Waals surface area contributed by atoms with Crippen molar-refractivity contribution in [3.63, 3.8) is 0 Å². The maximum atomic E-state index is 12.1. The van der Waals surface area contributed by atoms with Gasteiger partial charge in [0.15, 0.2) is 0 Å². The molecule has 8 heteroatoms. The lowest BCUT2D eigenvalue weighted by atomic mass is 10.1. The predicted molar refractivity (Wildman–Crippen MR) is 69.5 cm³/mol. The first kappa shape index (κ1) is 11.2. The predicted octanol–water partition coefficient (Wildman–Crippen LogP) is 0.526. The molecule has 0 saturated carbocycles. The molecule has 0 spiro atoms. The number of H-pyrrole nitrogens is 1. The van der Waals surface area contributed by atoms with Crippen molar-refractivity contribution in [2.45, 2.75) is 0 Å². The second-order valence-corrected chi connectivity index (χ2v) is 4.06. The summed E-state index contributed by atoms with van der Waals surface area (Å²) in [7, 11) is 1.62. The summed E-state index contributed by atoms with van der Waals surface area (Å²) in [5, 5.41) is 14.5. The van der Waals surface area contributed by atoms with Crippen molar-refractivity contribution < 1.29 is 4.79 Å². The van der Waals surface area contributed by atoms with Gasteiger partial charge in [0.1, 0.15) is 0 Å². The zero-order valence-corrected chi connectivity index (χ0v) is 10.1. The van der Waals surface area contributed by atoms with Crippen molar-refractivity contribution in [2.24, 2.45) is 7.05 Å². The van der Waals surface area contributed by atoms with Crippen LogP contribution in [0.1, 0.15) is 10.4 Å². The van der Waals surface area contributed by atoms with Gasteiger partial charge in [-0.3, -0.25) is 10.1 Å². The highest BCUT2D eigenvalue weighted by Gasteiger charge is 2.14. The Hall–Kier alpha value is -2.90. The van der Waals surface area contributed by atoms with E-state index in [4.69, 9.17) is 5.73 Å². The number of fused-ring (bicyclic) bond motifs is 1. The Balaban J connectivity index is 1.95. The summed E-state index contributed by atoms with van der Waals surface area (Å²) in [6, 6.07) is 5.33. The van der Waals surface area contributed by atoms with Crippen molar-refractivity contribution in [2.75, 3.05) is 11.1 Å². The molecular weight excluding hydrogens is 246 g/mol. The molecule has 2 heterocycles. The summed E-state index contributed by atoms with van der Waals surface area (Å²) in [5.74, 6) is -0.157. The summed E-state index contributed by atoms with van der Waals surface area (Å²) >= 11 is 0. The van der Waals surface area contributed by atoms with Gasteiger partial charge in [-0.05, 0) is 23.4 Å². The number of nitrogens with zero attached hydrogens (tertiary/aromatic N) is 4. The highest BCUT2D eigenvalue weighted by molar-refractivity contribution is 6.12. The van der Waals surface area contributed by atoms with Crippen LogP contribution in [0, 0.1) is 0 Å². The third kappa shape index (κ3) is 1.99. The molecule has 19 heavy (non-hydrogen) atoms. The van der Waals surface area contributed by atoms with E-state index in [0.29, 0.717) is 11.3 Å². The number of aromatic amines is 1. The van der Waals surface area contributed by atoms with Gasteiger partial charge in [-0.2, -0.15) is 4.80 Å². The quantitative estimate of drug-likeness (QED) is 0.579. The number of nitrogens with two attached hydrogens (primary N) is 1. The van der Waals surface area contributed by atoms with Crippen LogP contribution in [-0.4, -0.2) is 31.1 Å². The molecule has 0 unspecified atom stereocenters. The largest absolute Gasteiger partial charge is 0.399 e. The van der Waals surface area contributed by atoms with Crippen molar-refractivity contribution in [3.8, 4) is 0 Å².